The van der Waals surface area contributed by atoms with E-state index in [1.165, 1.54) is 11.3 Å². The summed E-state index contributed by atoms with van der Waals surface area (Å²) in [6, 6.07) is 2.01. The van der Waals surface area contributed by atoms with Crippen LogP contribution in [0.25, 0.3) is 10.8 Å². The molecule has 0 fully saturated rings. The van der Waals surface area contributed by atoms with Crippen molar-refractivity contribution in [3.8, 4) is 10.8 Å². The van der Waals surface area contributed by atoms with Crippen LogP contribution >= 0.6 is 11.3 Å². The van der Waals surface area contributed by atoms with Crippen LogP contribution in [0, 0.1) is 0 Å². The summed E-state index contributed by atoms with van der Waals surface area (Å²) in [7, 11) is 0. The normalized spacial score (nSPS) is 10.5. The van der Waals surface area contributed by atoms with Crippen molar-refractivity contribution >= 4 is 17.3 Å². The number of nitrogens with zero attached hydrogens (tertiary/aromatic N) is 2. The summed E-state index contributed by atoms with van der Waals surface area (Å²) in [5.41, 5.74) is 1.13. The highest BCUT2D eigenvalue weighted by Crippen LogP contribution is 2.28. The fraction of sp³-hybridized carbons (Fsp3) is 0.364. The van der Waals surface area contributed by atoms with Gasteiger partial charge in [0, 0.05) is 0 Å². The van der Waals surface area contributed by atoms with Gasteiger partial charge in [0.05, 0.1) is 11.5 Å². The molecule has 90 valence electrons. The molecule has 0 spiro atoms. The van der Waals surface area contributed by atoms with Crippen LogP contribution in [-0.4, -0.2) is 22.8 Å². The smallest absolute Gasteiger partial charge is 0.396 e. The van der Waals surface area contributed by atoms with Gasteiger partial charge in [-0.25, -0.2) is 4.79 Å². The Morgan fingerprint density at radius 1 is 1.47 bits per heavy atom. The van der Waals surface area contributed by atoms with Crippen LogP contribution in [0.1, 0.15) is 30.1 Å². The molecule has 0 aromatic carbocycles. The summed E-state index contributed by atoms with van der Waals surface area (Å²) < 4.78 is 10.1. The van der Waals surface area contributed by atoms with Crippen LogP contribution in [-0.2, 0) is 11.2 Å². The summed E-state index contributed by atoms with van der Waals surface area (Å²) in [6.07, 6.45) is 0.885. The molecule has 0 unspecified atom stereocenters. The largest absolute Gasteiger partial charge is 0.459 e. The van der Waals surface area contributed by atoms with Crippen LogP contribution in [0.3, 0.4) is 0 Å². The average Bonchev–Trinajstić information content (AvgIpc) is 2.97. The minimum Gasteiger partial charge on any atom is -0.459 e. The minimum absolute atomic E-state index is 0.0997. The number of ether oxygens (including phenoxy) is 1. The van der Waals surface area contributed by atoms with E-state index in [0.29, 0.717) is 5.89 Å². The van der Waals surface area contributed by atoms with E-state index in [2.05, 4.69) is 10.2 Å². The quantitative estimate of drug-likeness (QED) is 0.782. The van der Waals surface area contributed by atoms with Crippen molar-refractivity contribution in [3.63, 3.8) is 0 Å². The number of hydrogen-bond donors (Lipinski definition) is 0. The van der Waals surface area contributed by atoms with E-state index in [9.17, 15) is 4.79 Å². The molecule has 0 aliphatic carbocycles. The Morgan fingerprint density at radius 2 is 2.29 bits per heavy atom. The lowest BCUT2D eigenvalue weighted by Crippen LogP contribution is -2.04. The maximum Gasteiger partial charge on any atom is 0.396 e. The lowest BCUT2D eigenvalue weighted by molar-refractivity contribution is 0.0481. The molecule has 17 heavy (non-hydrogen) atoms. The van der Waals surface area contributed by atoms with Gasteiger partial charge < -0.3 is 9.15 Å². The van der Waals surface area contributed by atoms with Crippen molar-refractivity contribution in [1.82, 2.24) is 10.2 Å². The summed E-state index contributed by atoms with van der Waals surface area (Å²) in [6.45, 7) is 4.06. The zero-order valence-corrected chi connectivity index (χ0v) is 10.4. The number of esters is 1. The average molecular weight is 252 g/mol. The zero-order chi connectivity index (χ0) is 12.3. The fourth-order valence-electron chi connectivity index (χ4n) is 1.39. The molecule has 2 heterocycles. The second-order valence-electron chi connectivity index (χ2n) is 3.26. The molecule has 5 nitrogen and oxygen atoms in total. The Morgan fingerprint density at radius 3 is 3.00 bits per heavy atom. The number of thiophene rings is 1. The Bertz CT molecular complexity index is 518. The van der Waals surface area contributed by atoms with Crippen molar-refractivity contribution < 1.29 is 13.9 Å². The van der Waals surface area contributed by atoms with Gasteiger partial charge in [0.25, 0.3) is 5.89 Å². The highest BCUT2D eigenvalue weighted by Gasteiger charge is 2.18. The first-order valence-electron chi connectivity index (χ1n) is 5.33. The second kappa shape index (κ2) is 5.09. The number of hydrogen-bond acceptors (Lipinski definition) is 6. The number of aromatic nitrogens is 2. The van der Waals surface area contributed by atoms with Gasteiger partial charge in [0.2, 0.25) is 0 Å². The summed E-state index contributed by atoms with van der Waals surface area (Å²) in [5, 5.41) is 9.51. The van der Waals surface area contributed by atoms with Gasteiger partial charge in [-0.1, -0.05) is 6.92 Å². The molecule has 6 heteroatoms. The standard InChI is InChI=1S/C11H12N2O3S/c1-3-7-5-6-17-8(7)9-12-13-10(16-9)11(14)15-4-2/h5-6H,3-4H2,1-2H3. The van der Waals surface area contributed by atoms with Crippen molar-refractivity contribution in [2.24, 2.45) is 0 Å². The van der Waals surface area contributed by atoms with E-state index >= 15 is 0 Å². The van der Waals surface area contributed by atoms with Crippen molar-refractivity contribution in [2.45, 2.75) is 20.3 Å². The van der Waals surface area contributed by atoms with E-state index in [1.807, 2.05) is 18.4 Å². The molecule has 0 saturated carbocycles. The first kappa shape index (κ1) is 11.8. The summed E-state index contributed by atoms with van der Waals surface area (Å²) >= 11 is 1.52. The van der Waals surface area contributed by atoms with Gasteiger partial charge in [0.1, 0.15) is 0 Å². The van der Waals surface area contributed by atoms with Crippen molar-refractivity contribution in [1.29, 1.82) is 0 Å². The summed E-state index contributed by atoms with van der Waals surface area (Å²) in [5.74, 6) is -0.307. The van der Waals surface area contributed by atoms with E-state index in [0.717, 1.165) is 16.9 Å². The SMILES string of the molecule is CCOC(=O)c1nnc(-c2sccc2CC)o1. The van der Waals surface area contributed by atoms with Crippen LogP contribution in [0.2, 0.25) is 0 Å². The van der Waals surface area contributed by atoms with Crippen molar-refractivity contribution in [3.05, 3.63) is 22.9 Å². The maximum atomic E-state index is 11.4. The predicted molar refractivity (Wildman–Crippen MR) is 62.9 cm³/mol. The molecule has 2 rings (SSSR count). The fourth-order valence-corrected chi connectivity index (χ4v) is 2.31. The van der Waals surface area contributed by atoms with Gasteiger partial charge in [-0.3, -0.25) is 0 Å². The van der Waals surface area contributed by atoms with Crippen LogP contribution in [0.15, 0.2) is 15.9 Å². The third kappa shape index (κ3) is 2.36. The molecule has 2 aromatic heterocycles. The molecule has 0 aliphatic heterocycles. The highest BCUT2D eigenvalue weighted by molar-refractivity contribution is 7.13. The molecule has 0 amide bonds. The number of carbonyl (C=O) groups is 1. The van der Waals surface area contributed by atoms with Gasteiger partial charge in [-0.15, -0.1) is 21.5 Å². The first-order valence-corrected chi connectivity index (χ1v) is 6.21. The third-order valence-corrected chi connectivity index (χ3v) is 3.14. The molecule has 2 aromatic rings. The molecule has 0 N–H and O–H groups in total. The zero-order valence-electron chi connectivity index (χ0n) is 9.60. The molecule has 0 bridgehead atoms. The highest BCUT2D eigenvalue weighted by atomic mass is 32.1. The lowest BCUT2D eigenvalue weighted by atomic mass is 10.2. The van der Waals surface area contributed by atoms with E-state index in [-0.39, 0.29) is 12.5 Å². The molecule has 0 aliphatic rings. The van der Waals surface area contributed by atoms with E-state index < -0.39 is 5.97 Å². The second-order valence-corrected chi connectivity index (χ2v) is 4.18. The van der Waals surface area contributed by atoms with Gasteiger partial charge in [-0.05, 0) is 30.4 Å². The molecule has 0 radical (unpaired) electrons. The van der Waals surface area contributed by atoms with Gasteiger partial charge in [-0.2, -0.15) is 0 Å². The van der Waals surface area contributed by atoms with Crippen LogP contribution < -0.4 is 0 Å². The van der Waals surface area contributed by atoms with Gasteiger partial charge >= 0.3 is 11.9 Å². The monoisotopic (exact) mass is 252 g/mol. The van der Waals surface area contributed by atoms with Gasteiger partial charge in [0.15, 0.2) is 0 Å². The van der Waals surface area contributed by atoms with E-state index in [4.69, 9.17) is 9.15 Å². The summed E-state index contributed by atoms with van der Waals surface area (Å²) in [4.78, 5) is 12.3. The number of carbonyl (C=O) groups excluding carboxylic acids is 1. The first-order chi connectivity index (χ1) is 8.26. The molecular weight excluding hydrogens is 240 g/mol. The number of rotatable bonds is 4. The Kier molecular flexibility index (Phi) is 3.53. The van der Waals surface area contributed by atoms with Crippen LogP contribution in [0.4, 0.5) is 0 Å². The Labute approximate surface area is 102 Å². The van der Waals surface area contributed by atoms with E-state index in [1.54, 1.807) is 6.92 Å². The lowest BCUT2D eigenvalue weighted by Gasteiger charge is -1.95. The Balaban J connectivity index is 2.27. The molecular formula is C11H12N2O3S. The van der Waals surface area contributed by atoms with Crippen LogP contribution in [0.5, 0.6) is 0 Å². The third-order valence-electron chi connectivity index (χ3n) is 2.20. The molecule has 0 atom stereocenters. The number of aryl methyl sites for hydroxylation is 1. The Hall–Kier alpha value is -1.69. The maximum absolute atomic E-state index is 11.4. The predicted octanol–water partition coefficient (Wildman–Crippen LogP) is 2.54. The van der Waals surface area contributed by atoms with Crippen molar-refractivity contribution in [2.75, 3.05) is 6.61 Å². The molecule has 0 saturated heterocycles. The minimum atomic E-state index is -0.583. The topological polar surface area (TPSA) is 65.2 Å².